The highest BCUT2D eigenvalue weighted by Gasteiger charge is 2.09. The molecular formula is C12H18ClNO2. The summed E-state index contributed by atoms with van der Waals surface area (Å²) in [6.45, 7) is 3.22. The number of para-hydroxylation sites is 1. The molecular weight excluding hydrogens is 226 g/mol. The van der Waals surface area contributed by atoms with Crippen molar-refractivity contribution < 1.29 is 9.84 Å². The number of aliphatic hydroxyl groups excluding tert-OH is 1. The summed E-state index contributed by atoms with van der Waals surface area (Å²) in [5, 5.41) is 12.6. The van der Waals surface area contributed by atoms with Crippen LogP contribution in [-0.2, 0) is 6.54 Å². The van der Waals surface area contributed by atoms with Crippen molar-refractivity contribution in [1.82, 2.24) is 5.32 Å². The number of rotatable bonds is 6. The van der Waals surface area contributed by atoms with Crippen molar-refractivity contribution in [3.05, 3.63) is 28.8 Å². The summed E-state index contributed by atoms with van der Waals surface area (Å²) in [5.41, 5.74) is 1.03. The molecule has 0 fully saturated rings. The van der Waals surface area contributed by atoms with Crippen LogP contribution in [0.25, 0.3) is 0 Å². The highest BCUT2D eigenvalue weighted by molar-refractivity contribution is 6.32. The summed E-state index contributed by atoms with van der Waals surface area (Å²) in [4.78, 5) is 0. The van der Waals surface area contributed by atoms with Crippen LogP contribution in [0.2, 0.25) is 5.02 Å². The van der Waals surface area contributed by atoms with Crippen molar-refractivity contribution in [3.8, 4) is 5.75 Å². The molecule has 3 nitrogen and oxygen atoms in total. The molecule has 16 heavy (non-hydrogen) atoms. The second-order valence-corrected chi connectivity index (χ2v) is 4.26. The number of hydrogen-bond acceptors (Lipinski definition) is 3. The van der Waals surface area contributed by atoms with Gasteiger partial charge in [-0.3, -0.25) is 0 Å². The van der Waals surface area contributed by atoms with Crippen molar-refractivity contribution in [2.75, 3.05) is 20.3 Å². The van der Waals surface area contributed by atoms with Gasteiger partial charge in [0, 0.05) is 24.6 Å². The lowest BCUT2D eigenvalue weighted by atomic mass is 10.2. The predicted octanol–water partition coefficient (Wildman–Crippen LogP) is 2.07. The smallest absolute Gasteiger partial charge is 0.142 e. The van der Waals surface area contributed by atoms with Gasteiger partial charge in [0.1, 0.15) is 5.75 Å². The first-order chi connectivity index (χ1) is 7.69. The molecule has 0 heterocycles. The lowest BCUT2D eigenvalue weighted by molar-refractivity contribution is 0.173. The van der Waals surface area contributed by atoms with Crippen LogP contribution in [0.1, 0.15) is 12.5 Å². The minimum absolute atomic E-state index is 0.110. The summed E-state index contributed by atoms with van der Waals surface area (Å²) in [5.74, 6) is 0.817. The Morgan fingerprint density at radius 2 is 2.25 bits per heavy atom. The third kappa shape index (κ3) is 3.67. The quantitative estimate of drug-likeness (QED) is 0.804. The van der Waals surface area contributed by atoms with Gasteiger partial charge in [-0.1, -0.05) is 30.7 Å². The molecule has 1 aromatic carbocycles. The van der Waals surface area contributed by atoms with E-state index in [1.165, 1.54) is 0 Å². The Morgan fingerprint density at radius 3 is 2.88 bits per heavy atom. The molecule has 0 amide bonds. The Labute approximate surface area is 101 Å². The van der Waals surface area contributed by atoms with E-state index >= 15 is 0 Å². The Bertz CT molecular complexity index is 331. The molecule has 0 aliphatic rings. The molecule has 1 aromatic rings. The van der Waals surface area contributed by atoms with Gasteiger partial charge < -0.3 is 15.2 Å². The second kappa shape index (κ2) is 6.74. The van der Waals surface area contributed by atoms with E-state index in [1.807, 2.05) is 26.1 Å². The van der Waals surface area contributed by atoms with Crippen molar-refractivity contribution in [2.45, 2.75) is 13.5 Å². The predicted molar refractivity (Wildman–Crippen MR) is 66.0 cm³/mol. The largest absolute Gasteiger partial charge is 0.491 e. The standard InChI is InChI=1S/C12H18ClNO2/c1-9(7-15)8-16-12-10(6-14-2)4-3-5-11(12)13/h3-5,9,14-15H,6-8H2,1-2H3. The highest BCUT2D eigenvalue weighted by atomic mass is 35.5. The molecule has 0 radical (unpaired) electrons. The van der Waals surface area contributed by atoms with Crippen LogP contribution < -0.4 is 10.1 Å². The first-order valence-corrected chi connectivity index (χ1v) is 5.72. The Hall–Kier alpha value is -0.770. The van der Waals surface area contributed by atoms with Crippen LogP contribution in [0.3, 0.4) is 0 Å². The fourth-order valence-electron chi connectivity index (χ4n) is 1.32. The number of hydrogen-bond donors (Lipinski definition) is 2. The van der Waals surface area contributed by atoms with E-state index in [4.69, 9.17) is 21.4 Å². The van der Waals surface area contributed by atoms with E-state index in [1.54, 1.807) is 6.07 Å². The van der Waals surface area contributed by atoms with Crippen LogP contribution in [0, 0.1) is 5.92 Å². The van der Waals surface area contributed by atoms with Crippen molar-refractivity contribution in [1.29, 1.82) is 0 Å². The minimum atomic E-state index is 0.110. The Morgan fingerprint density at radius 1 is 1.50 bits per heavy atom. The molecule has 0 saturated carbocycles. The van der Waals surface area contributed by atoms with E-state index in [9.17, 15) is 0 Å². The Kier molecular flexibility index (Phi) is 5.60. The summed E-state index contributed by atoms with van der Waals surface area (Å²) in [7, 11) is 1.88. The topological polar surface area (TPSA) is 41.5 Å². The van der Waals surface area contributed by atoms with Gasteiger partial charge in [-0.15, -0.1) is 0 Å². The first kappa shape index (κ1) is 13.3. The molecule has 0 aromatic heterocycles. The Balaban J connectivity index is 2.75. The number of aliphatic hydroxyl groups is 1. The van der Waals surface area contributed by atoms with Crippen molar-refractivity contribution >= 4 is 11.6 Å². The molecule has 0 saturated heterocycles. The molecule has 0 aliphatic heterocycles. The van der Waals surface area contributed by atoms with Gasteiger partial charge in [0.15, 0.2) is 0 Å². The zero-order valence-electron chi connectivity index (χ0n) is 9.66. The maximum absolute atomic E-state index is 8.93. The average Bonchev–Trinajstić information content (AvgIpc) is 2.28. The first-order valence-electron chi connectivity index (χ1n) is 5.34. The van der Waals surface area contributed by atoms with Crippen LogP contribution in [-0.4, -0.2) is 25.4 Å². The highest BCUT2D eigenvalue weighted by Crippen LogP contribution is 2.28. The minimum Gasteiger partial charge on any atom is -0.491 e. The molecule has 0 spiro atoms. The number of halogens is 1. The fourth-order valence-corrected chi connectivity index (χ4v) is 1.57. The molecule has 1 unspecified atom stereocenters. The summed E-state index contributed by atoms with van der Waals surface area (Å²) < 4.78 is 5.64. The molecule has 0 aliphatic carbocycles. The molecule has 4 heteroatoms. The van der Waals surface area contributed by atoms with E-state index in [-0.39, 0.29) is 12.5 Å². The summed E-state index contributed by atoms with van der Waals surface area (Å²) >= 11 is 6.08. The van der Waals surface area contributed by atoms with Crippen molar-refractivity contribution in [3.63, 3.8) is 0 Å². The van der Waals surface area contributed by atoms with Gasteiger partial charge >= 0.3 is 0 Å². The molecule has 0 bridgehead atoms. The molecule has 1 atom stereocenters. The number of ether oxygens (including phenoxy) is 1. The van der Waals surface area contributed by atoms with E-state index in [0.29, 0.717) is 23.9 Å². The van der Waals surface area contributed by atoms with Crippen molar-refractivity contribution in [2.24, 2.45) is 5.92 Å². The molecule has 90 valence electrons. The fraction of sp³-hybridized carbons (Fsp3) is 0.500. The average molecular weight is 244 g/mol. The van der Waals surface area contributed by atoms with Gasteiger partial charge in [-0.25, -0.2) is 0 Å². The third-order valence-corrected chi connectivity index (χ3v) is 2.54. The summed E-state index contributed by atoms with van der Waals surface area (Å²) in [6, 6.07) is 5.68. The zero-order valence-corrected chi connectivity index (χ0v) is 10.4. The summed E-state index contributed by atoms with van der Waals surface area (Å²) in [6.07, 6.45) is 0. The van der Waals surface area contributed by atoms with Crippen LogP contribution in [0.5, 0.6) is 5.75 Å². The SMILES string of the molecule is CNCc1cccc(Cl)c1OCC(C)CO. The normalized spacial score (nSPS) is 12.5. The van der Waals surface area contributed by atoms with Gasteiger partial charge in [0.05, 0.1) is 11.6 Å². The zero-order chi connectivity index (χ0) is 12.0. The van der Waals surface area contributed by atoms with Crippen LogP contribution in [0.15, 0.2) is 18.2 Å². The lowest BCUT2D eigenvalue weighted by Crippen LogP contribution is -2.14. The van der Waals surface area contributed by atoms with Crippen LogP contribution >= 0.6 is 11.6 Å². The van der Waals surface area contributed by atoms with Gasteiger partial charge in [0.2, 0.25) is 0 Å². The molecule has 2 N–H and O–H groups in total. The van der Waals surface area contributed by atoms with Gasteiger partial charge in [-0.05, 0) is 13.1 Å². The lowest BCUT2D eigenvalue weighted by Gasteiger charge is -2.15. The van der Waals surface area contributed by atoms with Gasteiger partial charge in [0.25, 0.3) is 0 Å². The van der Waals surface area contributed by atoms with Gasteiger partial charge in [-0.2, -0.15) is 0 Å². The number of nitrogens with one attached hydrogen (secondary N) is 1. The maximum Gasteiger partial charge on any atom is 0.142 e. The second-order valence-electron chi connectivity index (χ2n) is 3.86. The third-order valence-electron chi connectivity index (χ3n) is 2.24. The number of benzene rings is 1. The van der Waals surface area contributed by atoms with E-state index in [2.05, 4.69) is 5.32 Å². The van der Waals surface area contributed by atoms with Crippen LogP contribution in [0.4, 0.5) is 0 Å². The monoisotopic (exact) mass is 243 g/mol. The van der Waals surface area contributed by atoms with E-state index in [0.717, 1.165) is 5.56 Å². The molecule has 1 rings (SSSR count). The van der Waals surface area contributed by atoms with E-state index < -0.39 is 0 Å². The maximum atomic E-state index is 8.93.